The highest BCUT2D eigenvalue weighted by Crippen LogP contribution is 2.31. The number of benzene rings is 1. The predicted molar refractivity (Wildman–Crippen MR) is 69.1 cm³/mol. The summed E-state index contributed by atoms with van der Waals surface area (Å²) in [5.41, 5.74) is 7.22. The number of hydrogen-bond donors (Lipinski definition) is 2. The molecular formula is C13H17ClN2O. The summed E-state index contributed by atoms with van der Waals surface area (Å²) in [5, 5.41) is 4.00. The molecule has 1 aromatic rings. The van der Waals surface area contributed by atoms with Gasteiger partial charge in [0, 0.05) is 17.9 Å². The van der Waals surface area contributed by atoms with Crippen LogP contribution in [0.4, 0.5) is 0 Å². The Kier molecular flexibility index (Phi) is 3.40. The van der Waals surface area contributed by atoms with Crippen molar-refractivity contribution >= 4 is 17.5 Å². The highest BCUT2D eigenvalue weighted by Gasteiger charge is 2.41. The molecule has 0 radical (unpaired) electrons. The average molecular weight is 253 g/mol. The number of hydrogen-bond acceptors (Lipinski definition) is 2. The van der Waals surface area contributed by atoms with E-state index in [1.807, 2.05) is 18.2 Å². The van der Waals surface area contributed by atoms with Crippen LogP contribution in [0.3, 0.4) is 0 Å². The molecule has 1 aliphatic carbocycles. The summed E-state index contributed by atoms with van der Waals surface area (Å²) < 4.78 is 0. The molecule has 17 heavy (non-hydrogen) atoms. The summed E-state index contributed by atoms with van der Waals surface area (Å²) in [6.45, 7) is 2.87. The second-order valence-corrected chi connectivity index (χ2v) is 5.08. The first-order chi connectivity index (χ1) is 8.07. The fourth-order valence-corrected chi connectivity index (χ4v) is 2.59. The summed E-state index contributed by atoms with van der Waals surface area (Å²) in [4.78, 5) is 11.7. The second kappa shape index (κ2) is 4.67. The van der Waals surface area contributed by atoms with Crippen LogP contribution in [-0.2, 0) is 17.6 Å². The molecule has 0 heterocycles. The van der Waals surface area contributed by atoms with E-state index in [2.05, 4.69) is 12.2 Å². The summed E-state index contributed by atoms with van der Waals surface area (Å²) in [7, 11) is 0. The van der Waals surface area contributed by atoms with Crippen molar-refractivity contribution in [3.63, 3.8) is 0 Å². The molecule has 2 rings (SSSR count). The molecule has 1 aliphatic rings. The highest BCUT2D eigenvalue weighted by atomic mass is 35.5. The number of carbonyl (C=O) groups is 1. The zero-order valence-electron chi connectivity index (χ0n) is 9.92. The Hall–Kier alpha value is -1.06. The molecule has 0 spiro atoms. The zero-order valence-corrected chi connectivity index (χ0v) is 10.7. The lowest BCUT2D eigenvalue weighted by atomic mass is 9.94. The van der Waals surface area contributed by atoms with Crippen molar-refractivity contribution in [1.29, 1.82) is 0 Å². The minimum absolute atomic E-state index is 0.279. The monoisotopic (exact) mass is 252 g/mol. The molecular weight excluding hydrogens is 236 g/mol. The smallest absolute Gasteiger partial charge is 0.238 e. The van der Waals surface area contributed by atoms with Crippen molar-refractivity contribution in [1.82, 2.24) is 5.32 Å². The second-order valence-electron chi connectivity index (χ2n) is 4.64. The normalized spacial score (nSPS) is 22.5. The Balaban J connectivity index is 2.27. The van der Waals surface area contributed by atoms with E-state index in [4.69, 9.17) is 17.3 Å². The summed E-state index contributed by atoms with van der Waals surface area (Å²) >= 11 is 5.96. The van der Waals surface area contributed by atoms with E-state index in [1.54, 1.807) is 0 Å². The first-order valence-corrected chi connectivity index (χ1v) is 6.27. The molecule has 3 N–H and O–H groups in total. The third-order valence-electron chi connectivity index (χ3n) is 3.34. The molecule has 0 saturated carbocycles. The maximum absolute atomic E-state index is 11.7. The van der Waals surface area contributed by atoms with E-state index in [1.165, 1.54) is 0 Å². The lowest BCUT2D eigenvalue weighted by molar-refractivity contribution is -0.124. The number of nitrogens with two attached hydrogens (primary N) is 1. The van der Waals surface area contributed by atoms with Crippen LogP contribution in [-0.4, -0.2) is 18.0 Å². The van der Waals surface area contributed by atoms with Crippen molar-refractivity contribution in [2.45, 2.75) is 31.7 Å². The van der Waals surface area contributed by atoms with Gasteiger partial charge in [-0.3, -0.25) is 4.79 Å². The molecule has 4 heteroatoms. The summed E-state index contributed by atoms with van der Waals surface area (Å²) in [6, 6.07) is 5.77. The van der Waals surface area contributed by atoms with E-state index in [9.17, 15) is 4.79 Å². The lowest BCUT2D eigenvalue weighted by Crippen LogP contribution is -2.56. The third kappa shape index (κ3) is 2.31. The maximum Gasteiger partial charge on any atom is 0.238 e. The molecule has 92 valence electrons. The Labute approximate surface area is 106 Å². The van der Waals surface area contributed by atoms with Crippen LogP contribution in [0.1, 0.15) is 24.5 Å². The summed E-state index contributed by atoms with van der Waals surface area (Å²) in [5.74, 6) is -0.279. The van der Waals surface area contributed by atoms with Gasteiger partial charge in [-0.05, 0) is 36.2 Å². The number of rotatable bonds is 4. The minimum Gasteiger partial charge on any atom is -0.368 e. The van der Waals surface area contributed by atoms with E-state index < -0.39 is 5.54 Å². The fourth-order valence-electron chi connectivity index (χ4n) is 2.39. The number of primary amides is 1. The van der Waals surface area contributed by atoms with Gasteiger partial charge < -0.3 is 11.1 Å². The molecule has 3 nitrogen and oxygen atoms in total. The van der Waals surface area contributed by atoms with Crippen molar-refractivity contribution < 1.29 is 4.79 Å². The van der Waals surface area contributed by atoms with Gasteiger partial charge in [-0.2, -0.15) is 0 Å². The minimum atomic E-state index is -0.622. The Morgan fingerprint density at radius 3 is 2.82 bits per heavy atom. The van der Waals surface area contributed by atoms with Crippen molar-refractivity contribution in [2.75, 3.05) is 6.54 Å². The topological polar surface area (TPSA) is 55.1 Å². The molecule has 1 unspecified atom stereocenters. The quantitative estimate of drug-likeness (QED) is 0.856. The van der Waals surface area contributed by atoms with Gasteiger partial charge in [0.15, 0.2) is 0 Å². The lowest BCUT2D eigenvalue weighted by Gasteiger charge is -2.26. The molecule has 0 saturated heterocycles. The molecule has 1 aromatic carbocycles. The van der Waals surface area contributed by atoms with Crippen LogP contribution in [0.25, 0.3) is 0 Å². The third-order valence-corrected chi connectivity index (χ3v) is 3.57. The van der Waals surface area contributed by atoms with Crippen molar-refractivity contribution in [2.24, 2.45) is 5.73 Å². The van der Waals surface area contributed by atoms with Crippen LogP contribution in [0.2, 0.25) is 5.02 Å². The van der Waals surface area contributed by atoms with Gasteiger partial charge in [-0.15, -0.1) is 0 Å². The highest BCUT2D eigenvalue weighted by molar-refractivity contribution is 6.30. The molecule has 0 aliphatic heterocycles. The molecule has 0 aromatic heterocycles. The zero-order chi connectivity index (χ0) is 12.5. The Bertz CT molecular complexity index is 447. The molecule has 1 atom stereocenters. The standard InChI is InChI=1S/C13H17ClN2O/c1-2-5-16-13(12(15)17)7-9-3-4-11(14)6-10(9)8-13/h3-4,6,16H,2,5,7-8H2,1H3,(H2,15,17). The average Bonchev–Trinajstić information content (AvgIpc) is 2.65. The van der Waals surface area contributed by atoms with Gasteiger partial charge >= 0.3 is 0 Å². The van der Waals surface area contributed by atoms with Crippen LogP contribution in [0.5, 0.6) is 0 Å². The Morgan fingerprint density at radius 2 is 2.18 bits per heavy atom. The van der Waals surface area contributed by atoms with E-state index in [0.29, 0.717) is 17.9 Å². The molecule has 1 amide bonds. The first kappa shape index (κ1) is 12.4. The van der Waals surface area contributed by atoms with E-state index >= 15 is 0 Å². The summed E-state index contributed by atoms with van der Waals surface area (Å²) in [6.07, 6.45) is 2.28. The van der Waals surface area contributed by atoms with Gasteiger partial charge in [0.25, 0.3) is 0 Å². The number of nitrogens with one attached hydrogen (secondary N) is 1. The SMILES string of the molecule is CCCNC1(C(N)=O)Cc2ccc(Cl)cc2C1. The number of carbonyl (C=O) groups excluding carboxylic acids is 1. The first-order valence-electron chi connectivity index (χ1n) is 5.89. The van der Waals surface area contributed by atoms with Gasteiger partial charge in [-0.25, -0.2) is 0 Å². The van der Waals surface area contributed by atoms with Crippen molar-refractivity contribution in [3.05, 3.63) is 34.3 Å². The van der Waals surface area contributed by atoms with Crippen LogP contribution in [0, 0.1) is 0 Å². The fraction of sp³-hybridized carbons (Fsp3) is 0.462. The van der Waals surface area contributed by atoms with Crippen LogP contribution >= 0.6 is 11.6 Å². The van der Waals surface area contributed by atoms with Crippen molar-refractivity contribution in [3.8, 4) is 0 Å². The predicted octanol–water partition coefficient (Wildman–Crippen LogP) is 1.66. The van der Waals surface area contributed by atoms with Gasteiger partial charge in [0.05, 0.1) is 0 Å². The number of halogens is 1. The Morgan fingerprint density at radius 1 is 1.47 bits per heavy atom. The number of fused-ring (bicyclic) bond motifs is 1. The van der Waals surface area contributed by atoms with E-state index in [0.717, 1.165) is 24.1 Å². The van der Waals surface area contributed by atoms with Gasteiger partial charge in [0.1, 0.15) is 5.54 Å². The van der Waals surface area contributed by atoms with E-state index in [-0.39, 0.29) is 5.91 Å². The number of amides is 1. The van der Waals surface area contributed by atoms with Crippen LogP contribution < -0.4 is 11.1 Å². The maximum atomic E-state index is 11.7. The largest absolute Gasteiger partial charge is 0.368 e. The molecule has 0 fully saturated rings. The molecule has 0 bridgehead atoms. The van der Waals surface area contributed by atoms with Gasteiger partial charge in [-0.1, -0.05) is 24.6 Å². The van der Waals surface area contributed by atoms with Gasteiger partial charge in [0.2, 0.25) is 5.91 Å². The van der Waals surface area contributed by atoms with Crippen LogP contribution in [0.15, 0.2) is 18.2 Å².